The molecule has 3 N–H and O–H groups in total. The van der Waals surface area contributed by atoms with Crippen molar-refractivity contribution in [1.29, 1.82) is 0 Å². The van der Waals surface area contributed by atoms with E-state index >= 15 is 0 Å². The molecule has 0 atom stereocenters. The molecular weight excluding hydrogens is 222 g/mol. The maximum atomic E-state index is 11.7. The van der Waals surface area contributed by atoms with Crippen molar-refractivity contribution < 1.29 is 9.59 Å². The van der Waals surface area contributed by atoms with Gasteiger partial charge in [-0.05, 0) is 19.8 Å². The van der Waals surface area contributed by atoms with Crippen LogP contribution >= 0.6 is 0 Å². The summed E-state index contributed by atoms with van der Waals surface area (Å²) in [5, 5.41) is 2.52. The molecule has 0 spiro atoms. The fourth-order valence-electron chi connectivity index (χ4n) is 1.57. The molecule has 1 rings (SSSR count). The zero-order valence-electron chi connectivity index (χ0n) is 10.1. The Hall–Kier alpha value is -1.85. The van der Waals surface area contributed by atoms with Gasteiger partial charge in [-0.25, -0.2) is 4.79 Å². The molecule has 0 aromatic carbocycles. The molecule has 0 saturated carbocycles. The van der Waals surface area contributed by atoms with Gasteiger partial charge in [0, 0.05) is 25.6 Å². The van der Waals surface area contributed by atoms with Crippen molar-refractivity contribution in [2.45, 2.75) is 32.6 Å². The van der Waals surface area contributed by atoms with Crippen molar-refractivity contribution in [3.05, 3.63) is 21.9 Å². The van der Waals surface area contributed by atoms with Gasteiger partial charge in [0.25, 0.3) is 0 Å². The van der Waals surface area contributed by atoms with E-state index in [9.17, 15) is 14.4 Å². The maximum Gasteiger partial charge on any atom is 0.323 e. The lowest BCUT2D eigenvalue weighted by Crippen LogP contribution is -2.17. The van der Waals surface area contributed by atoms with Crippen LogP contribution in [0.3, 0.4) is 0 Å². The number of imidazole rings is 1. The van der Waals surface area contributed by atoms with Crippen molar-refractivity contribution >= 4 is 11.7 Å². The van der Waals surface area contributed by atoms with Gasteiger partial charge in [0.05, 0.1) is 0 Å². The van der Waals surface area contributed by atoms with Gasteiger partial charge in [0.2, 0.25) is 5.91 Å². The van der Waals surface area contributed by atoms with Crippen LogP contribution in [-0.2, 0) is 4.79 Å². The van der Waals surface area contributed by atoms with Crippen LogP contribution in [0.5, 0.6) is 0 Å². The Morgan fingerprint density at radius 2 is 1.82 bits per heavy atom. The second-order valence-electron chi connectivity index (χ2n) is 3.88. The highest BCUT2D eigenvalue weighted by Crippen LogP contribution is 2.07. The van der Waals surface area contributed by atoms with Gasteiger partial charge in [-0.15, -0.1) is 0 Å². The van der Waals surface area contributed by atoms with E-state index in [1.807, 2.05) is 0 Å². The second kappa shape index (κ2) is 6.03. The van der Waals surface area contributed by atoms with Crippen LogP contribution in [0.2, 0.25) is 0 Å². The van der Waals surface area contributed by atoms with E-state index in [-0.39, 0.29) is 17.4 Å². The molecule has 0 aliphatic heterocycles. The first-order valence-corrected chi connectivity index (χ1v) is 5.57. The van der Waals surface area contributed by atoms with Gasteiger partial charge in [0.15, 0.2) is 5.78 Å². The van der Waals surface area contributed by atoms with Gasteiger partial charge in [-0.1, -0.05) is 0 Å². The summed E-state index contributed by atoms with van der Waals surface area (Å²) in [7, 11) is 1.58. The van der Waals surface area contributed by atoms with E-state index in [1.165, 1.54) is 0 Å². The third-order valence-corrected chi connectivity index (χ3v) is 2.53. The van der Waals surface area contributed by atoms with E-state index in [4.69, 9.17) is 0 Å². The molecule has 0 unspecified atom stereocenters. The Morgan fingerprint density at radius 3 is 2.35 bits per heavy atom. The fourth-order valence-corrected chi connectivity index (χ4v) is 1.57. The van der Waals surface area contributed by atoms with Crippen LogP contribution in [0.15, 0.2) is 4.79 Å². The van der Waals surface area contributed by atoms with Crippen LogP contribution in [0.1, 0.15) is 41.9 Å². The van der Waals surface area contributed by atoms with Crippen LogP contribution in [0.25, 0.3) is 0 Å². The Kier molecular flexibility index (Phi) is 4.68. The molecule has 0 bridgehead atoms. The average molecular weight is 239 g/mol. The zero-order chi connectivity index (χ0) is 12.8. The van der Waals surface area contributed by atoms with Crippen molar-refractivity contribution in [3.63, 3.8) is 0 Å². The quantitative estimate of drug-likeness (QED) is 0.498. The Labute approximate surface area is 98.8 Å². The number of carbonyl (C=O) groups is 2. The SMILES string of the molecule is CNC(=O)CCCCC(=O)c1[nH]c(=O)[nH]c1C. The summed E-state index contributed by atoms with van der Waals surface area (Å²) >= 11 is 0. The third kappa shape index (κ3) is 3.90. The number of carbonyl (C=O) groups excluding carboxylic acids is 2. The summed E-state index contributed by atoms with van der Waals surface area (Å²) in [5.74, 6) is -0.124. The number of rotatable bonds is 6. The number of Topliss-reactive ketones (excluding diaryl/α,β-unsaturated/α-hetero) is 1. The first-order valence-electron chi connectivity index (χ1n) is 5.57. The monoisotopic (exact) mass is 239 g/mol. The van der Waals surface area contributed by atoms with Gasteiger partial charge in [-0.2, -0.15) is 0 Å². The maximum absolute atomic E-state index is 11.7. The van der Waals surface area contributed by atoms with E-state index < -0.39 is 0 Å². The molecule has 6 heteroatoms. The van der Waals surface area contributed by atoms with E-state index in [0.29, 0.717) is 37.1 Å². The topological polar surface area (TPSA) is 94.8 Å². The first-order chi connectivity index (χ1) is 8.04. The highest BCUT2D eigenvalue weighted by atomic mass is 16.2. The lowest BCUT2D eigenvalue weighted by Gasteiger charge is -2.00. The van der Waals surface area contributed by atoms with Crippen molar-refractivity contribution in [2.75, 3.05) is 7.05 Å². The number of aromatic amines is 2. The normalized spacial score (nSPS) is 10.2. The number of aryl methyl sites for hydroxylation is 1. The molecule has 1 aromatic rings. The number of H-pyrrole nitrogens is 2. The number of hydrogen-bond donors (Lipinski definition) is 3. The van der Waals surface area contributed by atoms with Crippen LogP contribution in [-0.4, -0.2) is 28.7 Å². The van der Waals surface area contributed by atoms with Crippen LogP contribution in [0.4, 0.5) is 0 Å². The Morgan fingerprint density at radius 1 is 1.18 bits per heavy atom. The molecule has 1 aromatic heterocycles. The van der Waals surface area contributed by atoms with Crippen molar-refractivity contribution in [3.8, 4) is 0 Å². The van der Waals surface area contributed by atoms with Gasteiger partial charge in [0.1, 0.15) is 5.69 Å². The zero-order valence-corrected chi connectivity index (χ0v) is 10.1. The molecule has 0 aliphatic rings. The number of hydrogen-bond acceptors (Lipinski definition) is 3. The standard InChI is InChI=1S/C11H17N3O3/c1-7-10(14-11(17)13-7)8(15)5-3-4-6-9(16)12-2/h3-6H2,1-2H3,(H,12,16)(H2,13,14,17). The Balaban J connectivity index is 2.38. The van der Waals surface area contributed by atoms with Crippen molar-refractivity contribution in [1.82, 2.24) is 15.3 Å². The number of nitrogens with one attached hydrogen (secondary N) is 3. The summed E-state index contributed by atoms with van der Waals surface area (Å²) in [6.45, 7) is 1.68. The number of amides is 1. The van der Waals surface area contributed by atoms with Crippen molar-refractivity contribution in [2.24, 2.45) is 0 Å². The number of aromatic nitrogens is 2. The summed E-state index contributed by atoms with van der Waals surface area (Å²) in [6.07, 6.45) is 2.07. The number of ketones is 1. The highest BCUT2D eigenvalue weighted by molar-refractivity contribution is 5.95. The molecule has 0 radical (unpaired) electrons. The molecule has 0 saturated heterocycles. The van der Waals surface area contributed by atoms with Gasteiger partial charge >= 0.3 is 5.69 Å². The lowest BCUT2D eigenvalue weighted by molar-refractivity contribution is -0.120. The molecular formula is C11H17N3O3. The molecule has 0 aliphatic carbocycles. The minimum atomic E-state index is -0.365. The summed E-state index contributed by atoms with van der Waals surface area (Å²) in [4.78, 5) is 38.6. The second-order valence-corrected chi connectivity index (χ2v) is 3.88. The van der Waals surface area contributed by atoms with E-state index in [2.05, 4.69) is 15.3 Å². The Bertz CT molecular complexity index is 459. The predicted octanol–water partition coefficient (Wildman–Crippen LogP) is 0.501. The molecule has 1 heterocycles. The average Bonchev–Trinajstić information content (AvgIpc) is 2.63. The van der Waals surface area contributed by atoms with E-state index in [0.717, 1.165) is 0 Å². The molecule has 6 nitrogen and oxygen atoms in total. The van der Waals surface area contributed by atoms with Crippen LogP contribution < -0.4 is 11.0 Å². The molecule has 1 amide bonds. The first kappa shape index (κ1) is 13.2. The molecule has 94 valence electrons. The number of unbranched alkanes of at least 4 members (excludes halogenated alkanes) is 1. The predicted molar refractivity (Wildman–Crippen MR) is 63.0 cm³/mol. The van der Waals surface area contributed by atoms with Crippen LogP contribution in [0, 0.1) is 6.92 Å². The summed E-state index contributed by atoms with van der Waals surface area (Å²) in [6, 6.07) is 0. The van der Waals surface area contributed by atoms with Gasteiger partial charge < -0.3 is 15.3 Å². The van der Waals surface area contributed by atoms with E-state index in [1.54, 1.807) is 14.0 Å². The minimum absolute atomic E-state index is 0.0244. The summed E-state index contributed by atoms with van der Waals surface area (Å²) < 4.78 is 0. The third-order valence-electron chi connectivity index (χ3n) is 2.53. The largest absolute Gasteiger partial charge is 0.359 e. The molecule has 0 fully saturated rings. The summed E-state index contributed by atoms with van der Waals surface area (Å²) in [5.41, 5.74) is 0.539. The highest BCUT2D eigenvalue weighted by Gasteiger charge is 2.11. The smallest absolute Gasteiger partial charge is 0.323 e. The fraction of sp³-hybridized carbons (Fsp3) is 0.545. The minimum Gasteiger partial charge on any atom is -0.359 e. The lowest BCUT2D eigenvalue weighted by atomic mass is 10.1. The molecule has 17 heavy (non-hydrogen) atoms. The van der Waals surface area contributed by atoms with Gasteiger partial charge in [-0.3, -0.25) is 9.59 Å².